The molecule has 4 rings (SSSR count). The average Bonchev–Trinajstić information content (AvgIpc) is 2.94. The maximum absolute atomic E-state index is 13.0. The minimum absolute atomic E-state index is 0.0219. The van der Waals surface area contributed by atoms with Gasteiger partial charge in [-0.1, -0.05) is 51.1 Å². The largest absolute Gasteiger partial charge is 0.546 e. The number of carbonyl (C=O) groups is 2. The Morgan fingerprint density at radius 3 is 2.37 bits per heavy atom. The first-order valence-corrected chi connectivity index (χ1v) is 13.2. The van der Waals surface area contributed by atoms with Gasteiger partial charge >= 0.3 is 12.1 Å². The lowest BCUT2D eigenvalue weighted by Crippen LogP contribution is -2.47. The van der Waals surface area contributed by atoms with Gasteiger partial charge in [0, 0.05) is 18.9 Å². The number of rotatable bonds is 4. The Morgan fingerprint density at radius 2 is 1.77 bits per heavy atom. The summed E-state index contributed by atoms with van der Waals surface area (Å²) in [7, 11) is -0.831. The van der Waals surface area contributed by atoms with E-state index in [9.17, 15) is 9.59 Å². The molecular formula is C23H31NO5Si. The SMILES string of the molecule is COC(=O)C1=C(O[Si](C)(C)C(C)(C)C)CC2C=CC1N(C(=O)Oc1ccccc1)C2. The van der Waals surface area contributed by atoms with Crippen molar-refractivity contribution in [2.24, 2.45) is 5.92 Å². The van der Waals surface area contributed by atoms with Crippen LogP contribution in [-0.4, -0.2) is 45.0 Å². The van der Waals surface area contributed by atoms with Crippen molar-refractivity contribution in [2.45, 2.75) is 51.4 Å². The lowest BCUT2D eigenvalue weighted by atomic mass is 10.0. The fourth-order valence-corrected chi connectivity index (χ4v) is 4.54. The Balaban J connectivity index is 1.96. The minimum atomic E-state index is -2.18. The number of methoxy groups -OCH3 is 1. The second-order valence-corrected chi connectivity index (χ2v) is 14.0. The van der Waals surface area contributed by atoms with Crippen molar-refractivity contribution < 1.29 is 23.5 Å². The van der Waals surface area contributed by atoms with Crippen molar-refractivity contribution in [3.8, 4) is 5.75 Å². The molecular weight excluding hydrogens is 398 g/mol. The molecule has 2 bridgehead atoms. The van der Waals surface area contributed by atoms with Crippen LogP contribution in [0, 0.1) is 5.92 Å². The van der Waals surface area contributed by atoms with E-state index in [2.05, 4.69) is 39.9 Å². The van der Waals surface area contributed by atoms with Gasteiger partial charge in [0.25, 0.3) is 0 Å². The number of esters is 1. The van der Waals surface area contributed by atoms with Crippen LogP contribution < -0.4 is 4.74 Å². The lowest BCUT2D eigenvalue weighted by Gasteiger charge is -2.38. The molecule has 2 aliphatic heterocycles. The van der Waals surface area contributed by atoms with Crippen LogP contribution in [0.5, 0.6) is 5.75 Å². The van der Waals surface area contributed by atoms with Gasteiger partial charge in [-0.05, 0) is 30.3 Å². The molecule has 3 aliphatic rings. The Hall–Kier alpha value is -2.54. The average molecular weight is 430 g/mol. The number of amides is 1. The van der Waals surface area contributed by atoms with Gasteiger partial charge in [0.1, 0.15) is 5.75 Å². The summed E-state index contributed by atoms with van der Waals surface area (Å²) in [5.41, 5.74) is 0.392. The molecule has 1 amide bonds. The number of hydrogen-bond acceptors (Lipinski definition) is 5. The quantitative estimate of drug-likeness (QED) is 0.387. The Morgan fingerprint density at radius 1 is 1.10 bits per heavy atom. The summed E-state index contributed by atoms with van der Waals surface area (Å²) in [4.78, 5) is 27.4. The van der Waals surface area contributed by atoms with Crippen molar-refractivity contribution in [1.82, 2.24) is 4.90 Å². The third-order valence-corrected chi connectivity index (χ3v) is 10.5. The zero-order valence-corrected chi connectivity index (χ0v) is 19.6. The number of carbonyl (C=O) groups excluding carboxylic acids is 2. The van der Waals surface area contributed by atoms with Crippen LogP contribution in [-0.2, 0) is 14.0 Å². The van der Waals surface area contributed by atoms with Crippen LogP contribution in [0.3, 0.4) is 0 Å². The monoisotopic (exact) mass is 429 g/mol. The number of para-hydroxylation sites is 1. The summed E-state index contributed by atoms with van der Waals surface area (Å²) < 4.78 is 17.2. The van der Waals surface area contributed by atoms with Gasteiger partial charge in [0.2, 0.25) is 8.32 Å². The number of ether oxygens (including phenoxy) is 2. The zero-order chi connectivity index (χ0) is 22.1. The van der Waals surface area contributed by atoms with Crippen LogP contribution in [0.25, 0.3) is 0 Å². The molecule has 0 aromatic heterocycles. The van der Waals surface area contributed by atoms with E-state index in [1.807, 2.05) is 24.3 Å². The number of hydrogen-bond donors (Lipinski definition) is 0. The van der Waals surface area contributed by atoms with Crippen LogP contribution >= 0.6 is 0 Å². The van der Waals surface area contributed by atoms with Crippen LogP contribution in [0.2, 0.25) is 18.1 Å². The third-order valence-electron chi connectivity index (χ3n) is 6.15. The van der Waals surface area contributed by atoms with E-state index in [0.717, 1.165) is 0 Å². The molecule has 1 aromatic carbocycles. The summed E-state index contributed by atoms with van der Waals surface area (Å²) in [6, 6.07) is 8.35. The number of allylic oxidation sites excluding steroid dienone is 1. The van der Waals surface area contributed by atoms with Gasteiger partial charge in [-0.2, -0.15) is 0 Å². The van der Waals surface area contributed by atoms with Crippen molar-refractivity contribution in [3.63, 3.8) is 0 Å². The summed E-state index contributed by atoms with van der Waals surface area (Å²) in [5.74, 6) is 0.682. The molecule has 0 saturated heterocycles. The van der Waals surface area contributed by atoms with Gasteiger partial charge in [-0.3, -0.25) is 4.90 Å². The highest BCUT2D eigenvalue weighted by Gasteiger charge is 2.45. The van der Waals surface area contributed by atoms with E-state index >= 15 is 0 Å². The second kappa shape index (κ2) is 8.30. The Bertz CT molecular complexity index is 869. The smallest absolute Gasteiger partial charge is 0.416 e. The molecule has 2 unspecified atom stereocenters. The normalized spacial score (nSPS) is 21.3. The molecule has 0 saturated carbocycles. The molecule has 0 fully saturated rings. The number of nitrogens with zero attached hydrogens (tertiary/aromatic N) is 1. The molecule has 2 atom stereocenters. The van der Waals surface area contributed by atoms with E-state index < -0.39 is 26.4 Å². The first-order valence-electron chi connectivity index (χ1n) is 10.3. The van der Waals surface area contributed by atoms with Crippen molar-refractivity contribution in [1.29, 1.82) is 0 Å². The van der Waals surface area contributed by atoms with E-state index in [-0.39, 0.29) is 11.0 Å². The maximum Gasteiger partial charge on any atom is 0.416 e. The molecule has 7 heteroatoms. The molecule has 1 aliphatic carbocycles. The van der Waals surface area contributed by atoms with Gasteiger partial charge in [-0.25, -0.2) is 9.59 Å². The molecule has 162 valence electrons. The molecule has 2 heterocycles. The highest BCUT2D eigenvalue weighted by Crippen LogP contribution is 2.42. The Kier molecular flexibility index (Phi) is 6.13. The second-order valence-electron chi connectivity index (χ2n) is 9.32. The molecule has 6 nitrogen and oxygen atoms in total. The highest BCUT2D eigenvalue weighted by molar-refractivity contribution is 6.74. The summed E-state index contributed by atoms with van der Waals surface area (Å²) in [6.45, 7) is 11.2. The minimum Gasteiger partial charge on any atom is -0.546 e. The zero-order valence-electron chi connectivity index (χ0n) is 18.6. The van der Waals surface area contributed by atoms with E-state index in [1.54, 1.807) is 17.0 Å². The first-order chi connectivity index (χ1) is 14.0. The van der Waals surface area contributed by atoms with Crippen molar-refractivity contribution >= 4 is 20.4 Å². The standard InChI is InChI=1S/C23H31NO5Si/c1-23(2,3)30(5,6)29-19-14-16-12-13-18(20(19)21(25)27-4)24(15-16)22(26)28-17-10-8-7-9-11-17/h7-13,16,18H,14-15H2,1-6H3. The summed E-state index contributed by atoms with van der Waals surface area (Å²) >= 11 is 0. The van der Waals surface area contributed by atoms with Gasteiger partial charge in [0.15, 0.2) is 0 Å². The molecule has 0 N–H and O–H groups in total. The predicted octanol–water partition coefficient (Wildman–Crippen LogP) is 4.89. The predicted molar refractivity (Wildman–Crippen MR) is 118 cm³/mol. The lowest BCUT2D eigenvalue weighted by molar-refractivity contribution is -0.136. The number of fused-ring (bicyclic) bond motifs is 2. The Labute approximate surface area is 179 Å². The van der Waals surface area contributed by atoms with E-state index in [1.165, 1.54) is 7.11 Å². The fourth-order valence-electron chi connectivity index (χ4n) is 3.43. The third kappa shape index (κ3) is 4.46. The topological polar surface area (TPSA) is 65.1 Å². The maximum atomic E-state index is 13.0. The highest BCUT2D eigenvalue weighted by atomic mass is 28.4. The van der Waals surface area contributed by atoms with Gasteiger partial charge < -0.3 is 13.9 Å². The number of benzene rings is 1. The fraction of sp³-hybridized carbons (Fsp3) is 0.478. The van der Waals surface area contributed by atoms with Gasteiger partial charge in [-0.15, -0.1) is 0 Å². The van der Waals surface area contributed by atoms with Gasteiger partial charge in [0.05, 0.1) is 24.5 Å². The van der Waals surface area contributed by atoms with Crippen LogP contribution in [0.1, 0.15) is 27.2 Å². The molecule has 30 heavy (non-hydrogen) atoms. The molecule has 0 radical (unpaired) electrons. The molecule has 0 spiro atoms. The first kappa shape index (κ1) is 22.1. The van der Waals surface area contributed by atoms with Crippen molar-refractivity contribution in [3.05, 3.63) is 53.8 Å². The van der Waals surface area contributed by atoms with Crippen LogP contribution in [0.15, 0.2) is 53.8 Å². The summed E-state index contributed by atoms with van der Waals surface area (Å²) in [5, 5.41) is -0.0219. The molecule has 1 aromatic rings. The van der Waals surface area contributed by atoms with Crippen LogP contribution in [0.4, 0.5) is 4.79 Å². The van der Waals surface area contributed by atoms with E-state index in [4.69, 9.17) is 13.9 Å². The van der Waals surface area contributed by atoms with Crippen molar-refractivity contribution in [2.75, 3.05) is 13.7 Å². The van der Waals surface area contributed by atoms with E-state index in [0.29, 0.717) is 30.0 Å². The summed E-state index contributed by atoms with van der Waals surface area (Å²) in [6.07, 6.45) is 4.01.